The van der Waals surface area contributed by atoms with Crippen LogP contribution in [-0.4, -0.2) is 70.5 Å². The molecule has 1 saturated heterocycles. The molecule has 3 rings (SSSR count). The number of hydrogen-bond donors (Lipinski definition) is 0. The zero-order chi connectivity index (χ0) is 19.7. The summed E-state index contributed by atoms with van der Waals surface area (Å²) >= 11 is 0. The van der Waals surface area contributed by atoms with Gasteiger partial charge in [-0.25, -0.2) is 0 Å². The molecule has 0 aromatic heterocycles. The zero-order valence-corrected chi connectivity index (χ0v) is 16.0. The number of piperazine rings is 1. The largest absolute Gasteiger partial charge is 0.339 e. The van der Waals surface area contributed by atoms with E-state index >= 15 is 0 Å². The van der Waals surface area contributed by atoms with Crippen LogP contribution in [0.3, 0.4) is 0 Å². The average Bonchev–Trinajstić information content (AvgIpc) is 2.91. The molecular weight excluding hydrogens is 346 g/mol. The maximum Gasteiger partial charge on any atom is 0.261 e. The molecule has 7 heteroatoms. The molecule has 27 heavy (non-hydrogen) atoms. The molecule has 4 amide bonds. The molecule has 2 aliphatic rings. The predicted octanol–water partition coefficient (Wildman–Crippen LogP) is 1.78. The molecular formula is C20H25N3O4. The van der Waals surface area contributed by atoms with Crippen molar-refractivity contribution in [3.8, 4) is 0 Å². The fraction of sp³-hybridized carbons (Fsp3) is 0.500. The van der Waals surface area contributed by atoms with Gasteiger partial charge in [0.1, 0.15) is 0 Å². The summed E-state index contributed by atoms with van der Waals surface area (Å²) in [4.78, 5) is 54.4. The van der Waals surface area contributed by atoms with Gasteiger partial charge in [0.25, 0.3) is 17.7 Å². The minimum absolute atomic E-state index is 0.125. The molecule has 1 fully saturated rings. The molecule has 1 aromatic rings. The first kappa shape index (κ1) is 19.1. The standard InChI is InChI=1S/C20H25N3O4/c1-4-5-17(24)21-8-10-22(11-9-21)18(25)14-6-7-15-16(12-14)20(27)23(13(2)3)19(15)26/h6-7,12-13H,4-5,8-11H2,1-3H3. The Balaban J connectivity index is 1.72. The van der Waals surface area contributed by atoms with Crippen LogP contribution in [0.1, 0.15) is 64.7 Å². The Morgan fingerprint density at radius 2 is 1.56 bits per heavy atom. The third kappa shape index (κ3) is 3.46. The number of amides is 4. The van der Waals surface area contributed by atoms with Gasteiger partial charge < -0.3 is 9.80 Å². The van der Waals surface area contributed by atoms with Gasteiger partial charge in [0.05, 0.1) is 11.1 Å². The molecule has 0 bridgehead atoms. The van der Waals surface area contributed by atoms with Crippen LogP contribution in [0.15, 0.2) is 18.2 Å². The quantitative estimate of drug-likeness (QED) is 0.756. The SMILES string of the molecule is CCCC(=O)N1CCN(C(=O)c2ccc3c(c2)C(=O)N(C(C)C)C3=O)CC1. The highest BCUT2D eigenvalue weighted by Gasteiger charge is 2.37. The van der Waals surface area contributed by atoms with Crippen LogP contribution in [0.25, 0.3) is 0 Å². The maximum absolute atomic E-state index is 12.8. The first-order valence-corrected chi connectivity index (χ1v) is 9.44. The van der Waals surface area contributed by atoms with Gasteiger partial charge in [-0.1, -0.05) is 6.92 Å². The Kier molecular flexibility index (Phi) is 5.30. The van der Waals surface area contributed by atoms with Crippen LogP contribution in [0.2, 0.25) is 0 Å². The Hall–Kier alpha value is -2.70. The second-order valence-corrected chi connectivity index (χ2v) is 7.26. The van der Waals surface area contributed by atoms with E-state index in [4.69, 9.17) is 0 Å². The summed E-state index contributed by atoms with van der Waals surface area (Å²) in [6, 6.07) is 4.46. The second-order valence-electron chi connectivity index (χ2n) is 7.26. The Bertz CT molecular complexity index is 794. The molecule has 0 aliphatic carbocycles. The van der Waals surface area contributed by atoms with E-state index in [0.29, 0.717) is 43.7 Å². The van der Waals surface area contributed by atoms with E-state index in [1.165, 1.54) is 11.0 Å². The van der Waals surface area contributed by atoms with Crippen molar-refractivity contribution in [2.75, 3.05) is 26.2 Å². The lowest BCUT2D eigenvalue weighted by molar-refractivity contribution is -0.132. The van der Waals surface area contributed by atoms with Crippen molar-refractivity contribution in [3.63, 3.8) is 0 Å². The van der Waals surface area contributed by atoms with Gasteiger partial charge in [-0.05, 0) is 38.5 Å². The minimum atomic E-state index is -0.352. The van der Waals surface area contributed by atoms with Crippen molar-refractivity contribution in [1.29, 1.82) is 0 Å². The van der Waals surface area contributed by atoms with E-state index in [2.05, 4.69) is 0 Å². The summed E-state index contributed by atoms with van der Waals surface area (Å²) < 4.78 is 0. The van der Waals surface area contributed by atoms with Crippen LogP contribution >= 0.6 is 0 Å². The highest BCUT2D eigenvalue weighted by Crippen LogP contribution is 2.26. The van der Waals surface area contributed by atoms with Gasteiger partial charge >= 0.3 is 0 Å². The van der Waals surface area contributed by atoms with Crippen molar-refractivity contribution in [2.45, 2.75) is 39.7 Å². The summed E-state index contributed by atoms with van der Waals surface area (Å²) in [6.45, 7) is 7.52. The van der Waals surface area contributed by atoms with Crippen molar-refractivity contribution >= 4 is 23.6 Å². The van der Waals surface area contributed by atoms with Crippen molar-refractivity contribution in [1.82, 2.24) is 14.7 Å². The third-order valence-corrected chi connectivity index (χ3v) is 5.06. The smallest absolute Gasteiger partial charge is 0.261 e. The van der Waals surface area contributed by atoms with E-state index in [9.17, 15) is 19.2 Å². The van der Waals surface area contributed by atoms with Crippen LogP contribution < -0.4 is 0 Å². The minimum Gasteiger partial charge on any atom is -0.339 e. The first-order valence-electron chi connectivity index (χ1n) is 9.44. The number of carbonyl (C=O) groups excluding carboxylic acids is 4. The van der Waals surface area contributed by atoms with Crippen LogP contribution in [0.5, 0.6) is 0 Å². The van der Waals surface area contributed by atoms with Gasteiger partial charge in [0, 0.05) is 44.2 Å². The Morgan fingerprint density at radius 1 is 0.963 bits per heavy atom. The van der Waals surface area contributed by atoms with E-state index in [-0.39, 0.29) is 35.2 Å². The van der Waals surface area contributed by atoms with E-state index in [1.807, 2.05) is 6.92 Å². The van der Waals surface area contributed by atoms with E-state index in [1.54, 1.807) is 35.8 Å². The van der Waals surface area contributed by atoms with E-state index in [0.717, 1.165) is 6.42 Å². The number of carbonyl (C=O) groups is 4. The average molecular weight is 371 g/mol. The molecule has 1 aromatic carbocycles. The Morgan fingerprint density at radius 3 is 2.15 bits per heavy atom. The predicted molar refractivity (Wildman–Crippen MR) is 99.5 cm³/mol. The van der Waals surface area contributed by atoms with Crippen LogP contribution in [-0.2, 0) is 4.79 Å². The number of benzene rings is 1. The number of nitrogens with zero attached hydrogens (tertiary/aromatic N) is 3. The lowest BCUT2D eigenvalue weighted by atomic mass is 10.0. The van der Waals surface area contributed by atoms with Gasteiger partial charge in [-0.2, -0.15) is 0 Å². The zero-order valence-electron chi connectivity index (χ0n) is 16.0. The van der Waals surface area contributed by atoms with Gasteiger partial charge in [-0.3, -0.25) is 24.1 Å². The fourth-order valence-corrected chi connectivity index (χ4v) is 3.57. The molecule has 0 saturated carbocycles. The van der Waals surface area contributed by atoms with Gasteiger partial charge in [0.15, 0.2) is 0 Å². The molecule has 2 heterocycles. The molecule has 0 unspecified atom stereocenters. The highest BCUT2D eigenvalue weighted by atomic mass is 16.2. The lowest BCUT2D eigenvalue weighted by Crippen LogP contribution is -2.50. The molecule has 0 spiro atoms. The summed E-state index contributed by atoms with van der Waals surface area (Å²) in [5.41, 5.74) is 1.03. The Labute approximate surface area is 158 Å². The van der Waals surface area contributed by atoms with Gasteiger partial charge in [-0.15, -0.1) is 0 Å². The maximum atomic E-state index is 12.8. The summed E-state index contributed by atoms with van der Waals surface area (Å²) in [6.07, 6.45) is 1.34. The van der Waals surface area contributed by atoms with E-state index < -0.39 is 0 Å². The van der Waals surface area contributed by atoms with Crippen molar-refractivity contribution in [2.24, 2.45) is 0 Å². The number of imide groups is 1. The van der Waals surface area contributed by atoms with Crippen LogP contribution in [0.4, 0.5) is 0 Å². The highest BCUT2D eigenvalue weighted by molar-refractivity contribution is 6.22. The monoisotopic (exact) mass is 371 g/mol. The van der Waals surface area contributed by atoms with Crippen molar-refractivity contribution < 1.29 is 19.2 Å². The second kappa shape index (κ2) is 7.50. The molecule has 0 radical (unpaired) electrons. The first-order chi connectivity index (χ1) is 12.8. The topological polar surface area (TPSA) is 78.0 Å². The van der Waals surface area contributed by atoms with Crippen molar-refractivity contribution in [3.05, 3.63) is 34.9 Å². The fourth-order valence-electron chi connectivity index (χ4n) is 3.57. The number of rotatable bonds is 4. The molecule has 7 nitrogen and oxygen atoms in total. The van der Waals surface area contributed by atoms with Gasteiger partial charge in [0.2, 0.25) is 5.91 Å². The molecule has 0 N–H and O–H groups in total. The summed E-state index contributed by atoms with van der Waals surface area (Å²) in [5.74, 6) is -0.717. The lowest BCUT2D eigenvalue weighted by Gasteiger charge is -2.35. The number of fused-ring (bicyclic) bond motifs is 1. The summed E-state index contributed by atoms with van der Waals surface area (Å²) in [7, 11) is 0. The third-order valence-electron chi connectivity index (χ3n) is 5.06. The summed E-state index contributed by atoms with van der Waals surface area (Å²) in [5, 5.41) is 0. The molecule has 144 valence electrons. The molecule has 2 aliphatic heterocycles. The normalized spacial score (nSPS) is 17.0. The molecule has 0 atom stereocenters. The van der Waals surface area contributed by atoms with Crippen LogP contribution in [0, 0.1) is 0 Å². The number of hydrogen-bond acceptors (Lipinski definition) is 4.